The van der Waals surface area contributed by atoms with E-state index in [1.54, 1.807) is 0 Å². The fourth-order valence-electron chi connectivity index (χ4n) is 2.76. The monoisotopic (exact) mass is 271 g/mol. The number of pyridine rings is 1. The Morgan fingerprint density at radius 1 is 1.00 bits per heavy atom. The van der Waals surface area contributed by atoms with Gasteiger partial charge < -0.3 is 4.74 Å². The van der Waals surface area contributed by atoms with Gasteiger partial charge in [0.2, 0.25) is 5.88 Å². The summed E-state index contributed by atoms with van der Waals surface area (Å²) in [5.74, 6) is 0.842. The third kappa shape index (κ3) is 2.95. The molecule has 20 heavy (non-hydrogen) atoms. The van der Waals surface area contributed by atoms with E-state index in [4.69, 9.17) is 9.72 Å². The second-order valence-corrected chi connectivity index (χ2v) is 5.33. The van der Waals surface area contributed by atoms with Crippen molar-refractivity contribution in [1.29, 1.82) is 0 Å². The highest BCUT2D eigenvalue weighted by Crippen LogP contribution is 2.31. The molecule has 2 rings (SSSR count). The van der Waals surface area contributed by atoms with E-state index in [0.29, 0.717) is 6.61 Å². The van der Waals surface area contributed by atoms with Crippen LogP contribution in [0.15, 0.2) is 18.2 Å². The molecule has 0 atom stereocenters. The molecule has 2 aromatic rings. The molecule has 0 N–H and O–H groups in total. The minimum Gasteiger partial charge on any atom is -0.478 e. The maximum atomic E-state index is 5.80. The summed E-state index contributed by atoms with van der Waals surface area (Å²) in [6.45, 7) is 9.29. The SMILES string of the molecule is CCCc1c(OCC)nc2ccc(C)cc2c1CCC. The molecule has 0 amide bonds. The van der Waals surface area contributed by atoms with Crippen molar-refractivity contribution in [2.75, 3.05) is 6.61 Å². The first kappa shape index (κ1) is 14.8. The predicted molar refractivity (Wildman–Crippen MR) is 85.6 cm³/mol. The van der Waals surface area contributed by atoms with Crippen LogP contribution in [-0.2, 0) is 12.8 Å². The van der Waals surface area contributed by atoms with Gasteiger partial charge in [0.15, 0.2) is 0 Å². The van der Waals surface area contributed by atoms with Gasteiger partial charge in [-0.05, 0) is 44.4 Å². The Hall–Kier alpha value is -1.57. The molecule has 0 bridgehead atoms. The van der Waals surface area contributed by atoms with Crippen LogP contribution < -0.4 is 4.74 Å². The number of hydrogen-bond acceptors (Lipinski definition) is 2. The molecular formula is C18H25NO. The molecule has 108 valence electrons. The fourth-order valence-corrected chi connectivity index (χ4v) is 2.76. The van der Waals surface area contributed by atoms with Crippen molar-refractivity contribution in [3.05, 3.63) is 34.9 Å². The average molecular weight is 271 g/mol. The standard InChI is InChI=1S/C18H25NO/c1-5-8-14-15(9-6-2)18(20-7-3)19-17-11-10-13(4)12-16(14)17/h10-12H,5-9H2,1-4H3. The van der Waals surface area contributed by atoms with Crippen molar-refractivity contribution in [3.63, 3.8) is 0 Å². The van der Waals surface area contributed by atoms with Gasteiger partial charge in [0.05, 0.1) is 12.1 Å². The number of hydrogen-bond donors (Lipinski definition) is 0. The van der Waals surface area contributed by atoms with Crippen molar-refractivity contribution < 1.29 is 4.74 Å². The Balaban J connectivity index is 2.71. The molecule has 2 heteroatoms. The van der Waals surface area contributed by atoms with Crippen LogP contribution >= 0.6 is 0 Å². The van der Waals surface area contributed by atoms with Gasteiger partial charge in [-0.15, -0.1) is 0 Å². The van der Waals surface area contributed by atoms with Crippen LogP contribution in [0.2, 0.25) is 0 Å². The maximum absolute atomic E-state index is 5.80. The lowest BCUT2D eigenvalue weighted by atomic mass is 9.95. The molecule has 1 aromatic heterocycles. The van der Waals surface area contributed by atoms with E-state index in [2.05, 4.69) is 39.0 Å². The summed E-state index contributed by atoms with van der Waals surface area (Å²) in [5.41, 5.74) is 5.10. The number of aromatic nitrogens is 1. The van der Waals surface area contributed by atoms with E-state index in [9.17, 15) is 0 Å². The van der Waals surface area contributed by atoms with Crippen molar-refractivity contribution >= 4 is 10.9 Å². The van der Waals surface area contributed by atoms with Crippen LogP contribution in [0.25, 0.3) is 10.9 Å². The van der Waals surface area contributed by atoms with Crippen LogP contribution in [0.5, 0.6) is 5.88 Å². The van der Waals surface area contributed by atoms with Crippen molar-refractivity contribution in [3.8, 4) is 5.88 Å². The minimum absolute atomic E-state index is 0.673. The largest absolute Gasteiger partial charge is 0.478 e. The van der Waals surface area contributed by atoms with E-state index < -0.39 is 0 Å². The first-order valence-electron chi connectivity index (χ1n) is 7.76. The quantitative estimate of drug-likeness (QED) is 0.749. The van der Waals surface area contributed by atoms with Gasteiger partial charge in [0, 0.05) is 10.9 Å². The predicted octanol–water partition coefficient (Wildman–Crippen LogP) is 4.85. The zero-order chi connectivity index (χ0) is 14.5. The number of nitrogens with zero attached hydrogens (tertiary/aromatic N) is 1. The van der Waals surface area contributed by atoms with Gasteiger partial charge in [0.25, 0.3) is 0 Å². The number of aryl methyl sites for hydroxylation is 2. The highest BCUT2D eigenvalue weighted by atomic mass is 16.5. The van der Waals surface area contributed by atoms with E-state index >= 15 is 0 Å². The van der Waals surface area contributed by atoms with Crippen LogP contribution in [-0.4, -0.2) is 11.6 Å². The first-order chi connectivity index (χ1) is 9.71. The molecule has 0 aliphatic carbocycles. The van der Waals surface area contributed by atoms with E-state index in [-0.39, 0.29) is 0 Å². The van der Waals surface area contributed by atoms with Gasteiger partial charge >= 0.3 is 0 Å². The molecule has 1 aromatic carbocycles. The molecule has 0 saturated carbocycles. The van der Waals surface area contributed by atoms with Crippen LogP contribution in [0.3, 0.4) is 0 Å². The van der Waals surface area contributed by atoms with Crippen LogP contribution in [0.1, 0.15) is 50.3 Å². The lowest BCUT2D eigenvalue weighted by Gasteiger charge is -2.16. The first-order valence-corrected chi connectivity index (χ1v) is 7.76. The number of fused-ring (bicyclic) bond motifs is 1. The van der Waals surface area contributed by atoms with Crippen molar-refractivity contribution in [1.82, 2.24) is 4.98 Å². The minimum atomic E-state index is 0.673. The van der Waals surface area contributed by atoms with Crippen molar-refractivity contribution in [2.45, 2.75) is 53.4 Å². The fraction of sp³-hybridized carbons (Fsp3) is 0.500. The maximum Gasteiger partial charge on any atom is 0.217 e. The zero-order valence-electron chi connectivity index (χ0n) is 13.1. The second-order valence-electron chi connectivity index (χ2n) is 5.33. The van der Waals surface area contributed by atoms with Crippen LogP contribution in [0.4, 0.5) is 0 Å². The summed E-state index contributed by atoms with van der Waals surface area (Å²) in [6, 6.07) is 6.50. The lowest BCUT2D eigenvalue weighted by molar-refractivity contribution is 0.323. The summed E-state index contributed by atoms with van der Waals surface area (Å²) in [4.78, 5) is 4.75. The molecule has 0 aliphatic rings. The summed E-state index contributed by atoms with van der Waals surface area (Å²) in [6.07, 6.45) is 4.41. The van der Waals surface area contributed by atoms with E-state index in [1.165, 1.54) is 22.1 Å². The highest BCUT2D eigenvalue weighted by molar-refractivity contribution is 5.85. The van der Waals surface area contributed by atoms with Crippen LogP contribution in [0, 0.1) is 6.92 Å². The molecule has 0 spiro atoms. The molecule has 0 radical (unpaired) electrons. The lowest BCUT2D eigenvalue weighted by Crippen LogP contribution is -2.05. The summed E-state index contributed by atoms with van der Waals surface area (Å²) < 4.78 is 5.80. The summed E-state index contributed by atoms with van der Waals surface area (Å²) in [5, 5.41) is 1.30. The molecule has 0 saturated heterocycles. The van der Waals surface area contributed by atoms with Gasteiger partial charge in [-0.25, -0.2) is 4.98 Å². The van der Waals surface area contributed by atoms with E-state index in [0.717, 1.165) is 37.1 Å². The zero-order valence-corrected chi connectivity index (χ0v) is 13.1. The third-order valence-electron chi connectivity index (χ3n) is 3.60. The Morgan fingerprint density at radius 3 is 2.35 bits per heavy atom. The molecule has 0 aliphatic heterocycles. The molecule has 2 nitrogen and oxygen atoms in total. The Labute approximate surface area is 122 Å². The van der Waals surface area contributed by atoms with Gasteiger partial charge in [-0.3, -0.25) is 0 Å². The topological polar surface area (TPSA) is 22.1 Å². The Kier molecular flexibility index (Phi) is 4.99. The van der Waals surface area contributed by atoms with E-state index in [1.807, 2.05) is 6.92 Å². The van der Waals surface area contributed by atoms with Gasteiger partial charge in [-0.1, -0.05) is 38.3 Å². The normalized spacial score (nSPS) is 11.0. The summed E-state index contributed by atoms with van der Waals surface area (Å²) in [7, 11) is 0. The molecule has 0 fully saturated rings. The van der Waals surface area contributed by atoms with Gasteiger partial charge in [0.1, 0.15) is 0 Å². The smallest absolute Gasteiger partial charge is 0.217 e. The van der Waals surface area contributed by atoms with Gasteiger partial charge in [-0.2, -0.15) is 0 Å². The third-order valence-corrected chi connectivity index (χ3v) is 3.60. The average Bonchev–Trinajstić information content (AvgIpc) is 2.43. The number of rotatable bonds is 6. The molecule has 1 heterocycles. The second kappa shape index (κ2) is 6.74. The van der Waals surface area contributed by atoms with Crippen molar-refractivity contribution in [2.24, 2.45) is 0 Å². The number of benzene rings is 1. The highest BCUT2D eigenvalue weighted by Gasteiger charge is 2.15. The summed E-state index contributed by atoms with van der Waals surface area (Å²) >= 11 is 0. The number of ether oxygens (including phenoxy) is 1. The Bertz CT molecular complexity index is 589. The molecular weight excluding hydrogens is 246 g/mol. The Morgan fingerprint density at radius 2 is 1.70 bits per heavy atom. The molecule has 0 unspecified atom stereocenters.